The molecule has 1 N–H and O–H groups in total. The van der Waals surface area contributed by atoms with E-state index < -0.39 is 5.97 Å². The van der Waals surface area contributed by atoms with E-state index in [4.69, 9.17) is 14.2 Å². The van der Waals surface area contributed by atoms with Crippen molar-refractivity contribution in [3.8, 4) is 17.2 Å². The molecule has 0 saturated carbocycles. The molecular weight excluding hydrogens is 352 g/mol. The van der Waals surface area contributed by atoms with Crippen LogP contribution in [-0.4, -0.2) is 52.6 Å². The molecule has 0 unspecified atom stereocenters. The minimum Gasteiger partial charge on any atom is -0.506 e. The van der Waals surface area contributed by atoms with Crippen molar-refractivity contribution in [2.75, 3.05) is 20.8 Å². The molecule has 0 aliphatic carbocycles. The molecule has 0 saturated heterocycles. The summed E-state index contributed by atoms with van der Waals surface area (Å²) in [5.74, 6) is -0.298. The number of carbonyl (C=O) groups is 1. The molecule has 0 fully saturated rings. The Balaban J connectivity index is 2.30. The van der Waals surface area contributed by atoms with Crippen molar-refractivity contribution in [3.05, 3.63) is 47.4 Å². The maximum Gasteiger partial charge on any atom is 0.376 e. The highest BCUT2D eigenvalue weighted by molar-refractivity contribution is 5.93. The Kier molecular flexibility index (Phi) is 5.08. The van der Waals surface area contributed by atoms with E-state index >= 15 is 0 Å². The summed E-state index contributed by atoms with van der Waals surface area (Å²) < 4.78 is 16.8. The number of carbonyl (C=O) groups excluding carboxylic acids is 1. The van der Waals surface area contributed by atoms with E-state index in [0.29, 0.717) is 5.75 Å². The molecule has 0 amide bonds. The molecular formula is C18H16N4O5. The van der Waals surface area contributed by atoms with Crippen molar-refractivity contribution in [2.45, 2.75) is 6.92 Å². The summed E-state index contributed by atoms with van der Waals surface area (Å²) in [5, 5.41) is 18.4. The second-order valence-corrected chi connectivity index (χ2v) is 5.15. The monoisotopic (exact) mass is 368 g/mol. The lowest BCUT2D eigenvalue weighted by atomic mass is 10.2. The molecule has 1 aromatic carbocycles. The minimum atomic E-state index is -0.714. The number of ether oxygens (including phenoxy) is 3. The van der Waals surface area contributed by atoms with Crippen LogP contribution in [0.4, 0.5) is 0 Å². The van der Waals surface area contributed by atoms with Crippen molar-refractivity contribution >= 4 is 17.6 Å². The van der Waals surface area contributed by atoms with Gasteiger partial charge in [0.15, 0.2) is 11.5 Å². The Labute approximate surface area is 154 Å². The third-order valence-electron chi connectivity index (χ3n) is 3.57. The predicted octanol–water partition coefficient (Wildman–Crippen LogP) is 1.87. The van der Waals surface area contributed by atoms with Crippen LogP contribution in [-0.2, 0) is 9.47 Å². The molecule has 2 aromatic rings. The normalized spacial score (nSPS) is 12.4. The Hall–Kier alpha value is -3.80. The van der Waals surface area contributed by atoms with Gasteiger partial charge in [-0.15, -0.1) is 10.2 Å². The number of aromatic nitrogens is 3. The molecule has 0 spiro atoms. The SMILES string of the molecule is CCOC(=O)c1nnc(C2=C=C=CC(OC)=N2)n1-c1c(O)cccc1OC. The molecule has 3 rings (SSSR count). The number of aliphatic imine (C=N–C) groups is 1. The summed E-state index contributed by atoms with van der Waals surface area (Å²) in [6.45, 7) is 1.82. The zero-order valence-electron chi connectivity index (χ0n) is 14.9. The maximum atomic E-state index is 12.4. The maximum absolute atomic E-state index is 12.4. The number of aromatic hydroxyl groups is 1. The van der Waals surface area contributed by atoms with E-state index in [2.05, 4.69) is 26.7 Å². The lowest BCUT2D eigenvalue weighted by Crippen LogP contribution is -2.15. The van der Waals surface area contributed by atoms with Gasteiger partial charge in [0.2, 0.25) is 11.7 Å². The largest absolute Gasteiger partial charge is 0.506 e. The highest BCUT2D eigenvalue weighted by Gasteiger charge is 2.27. The van der Waals surface area contributed by atoms with E-state index in [1.165, 1.54) is 30.9 Å². The number of esters is 1. The molecule has 0 radical (unpaired) electrons. The first-order valence-electron chi connectivity index (χ1n) is 7.94. The Morgan fingerprint density at radius 2 is 2.07 bits per heavy atom. The van der Waals surface area contributed by atoms with Gasteiger partial charge in [0.25, 0.3) is 0 Å². The molecule has 2 heterocycles. The molecule has 1 aliphatic rings. The van der Waals surface area contributed by atoms with Gasteiger partial charge in [0.05, 0.1) is 26.9 Å². The van der Waals surface area contributed by atoms with Gasteiger partial charge in [-0.05, 0) is 24.8 Å². The standard InChI is InChI=1S/C18H16N4O5/c1-4-27-18(24)17-21-20-16(11-7-5-10-14(19-11)26-3)22(17)15-12(23)8-6-9-13(15)25-2/h6,8-10,23H,4H2,1-3H3. The van der Waals surface area contributed by atoms with Crippen molar-refractivity contribution in [3.63, 3.8) is 0 Å². The number of phenolic OH excluding ortho intramolecular Hbond substituents is 1. The van der Waals surface area contributed by atoms with Gasteiger partial charge in [0.1, 0.15) is 17.2 Å². The van der Waals surface area contributed by atoms with Gasteiger partial charge >= 0.3 is 5.97 Å². The average Bonchev–Trinajstić information content (AvgIpc) is 3.12. The van der Waals surface area contributed by atoms with Crippen molar-refractivity contribution < 1.29 is 24.1 Å². The average molecular weight is 368 g/mol. The smallest absolute Gasteiger partial charge is 0.376 e. The minimum absolute atomic E-state index is 0.132. The molecule has 1 aliphatic heterocycles. The third-order valence-corrected chi connectivity index (χ3v) is 3.57. The van der Waals surface area contributed by atoms with E-state index in [-0.39, 0.29) is 41.3 Å². The van der Waals surface area contributed by atoms with Gasteiger partial charge < -0.3 is 19.3 Å². The first-order valence-corrected chi connectivity index (χ1v) is 7.94. The summed E-state index contributed by atoms with van der Waals surface area (Å²) in [7, 11) is 2.90. The zero-order valence-corrected chi connectivity index (χ0v) is 14.9. The van der Waals surface area contributed by atoms with Crippen LogP contribution >= 0.6 is 0 Å². The second kappa shape index (κ2) is 7.61. The summed E-state index contributed by atoms with van der Waals surface area (Å²) in [6.07, 6.45) is 1.50. The van der Waals surface area contributed by atoms with Crippen LogP contribution in [0.25, 0.3) is 11.4 Å². The molecule has 138 valence electrons. The zero-order chi connectivity index (χ0) is 19.4. The topological polar surface area (TPSA) is 108 Å². The Morgan fingerprint density at radius 1 is 1.26 bits per heavy atom. The van der Waals surface area contributed by atoms with Crippen LogP contribution in [0.5, 0.6) is 11.5 Å². The Bertz CT molecular complexity index is 1020. The number of methoxy groups -OCH3 is 2. The quantitative estimate of drug-likeness (QED) is 0.634. The number of hydrogen-bond donors (Lipinski definition) is 1. The number of benzene rings is 1. The lowest BCUT2D eigenvalue weighted by molar-refractivity contribution is 0.0509. The van der Waals surface area contributed by atoms with Crippen molar-refractivity contribution in [2.24, 2.45) is 4.99 Å². The third kappa shape index (κ3) is 3.32. The highest BCUT2D eigenvalue weighted by atomic mass is 16.5. The number of hydrogen-bond acceptors (Lipinski definition) is 8. The lowest BCUT2D eigenvalue weighted by Gasteiger charge is -2.15. The summed E-state index contributed by atoms with van der Waals surface area (Å²) in [6, 6.07) is 4.68. The highest BCUT2D eigenvalue weighted by Crippen LogP contribution is 2.34. The molecule has 0 bridgehead atoms. The number of para-hydroxylation sites is 1. The first kappa shape index (κ1) is 18.0. The number of phenols is 1. The van der Waals surface area contributed by atoms with Gasteiger partial charge in [0, 0.05) is 0 Å². The van der Waals surface area contributed by atoms with Gasteiger partial charge in [-0.25, -0.2) is 9.79 Å². The van der Waals surface area contributed by atoms with Gasteiger partial charge in [-0.2, -0.15) is 0 Å². The van der Waals surface area contributed by atoms with E-state index in [0.717, 1.165) is 0 Å². The van der Waals surface area contributed by atoms with Crippen LogP contribution in [0.1, 0.15) is 23.4 Å². The van der Waals surface area contributed by atoms with E-state index in [1.54, 1.807) is 19.1 Å². The molecule has 1 aromatic heterocycles. The van der Waals surface area contributed by atoms with Crippen LogP contribution in [0.2, 0.25) is 0 Å². The molecule has 9 nitrogen and oxygen atoms in total. The van der Waals surface area contributed by atoms with Crippen molar-refractivity contribution in [1.82, 2.24) is 14.8 Å². The molecule has 27 heavy (non-hydrogen) atoms. The fourth-order valence-electron chi connectivity index (χ4n) is 2.42. The number of nitrogens with zero attached hydrogens (tertiary/aromatic N) is 4. The number of rotatable bonds is 5. The summed E-state index contributed by atoms with van der Waals surface area (Å²) >= 11 is 0. The molecule has 9 heteroatoms. The van der Waals surface area contributed by atoms with E-state index in [1.807, 2.05) is 0 Å². The van der Waals surface area contributed by atoms with E-state index in [9.17, 15) is 9.90 Å². The Morgan fingerprint density at radius 3 is 2.78 bits per heavy atom. The van der Waals surface area contributed by atoms with Crippen LogP contribution < -0.4 is 4.74 Å². The van der Waals surface area contributed by atoms with Crippen LogP contribution in [0.3, 0.4) is 0 Å². The molecule has 0 atom stereocenters. The van der Waals surface area contributed by atoms with Gasteiger partial charge in [-0.1, -0.05) is 11.8 Å². The first-order chi connectivity index (χ1) is 13.1. The summed E-state index contributed by atoms with van der Waals surface area (Å²) in [4.78, 5) is 16.6. The van der Waals surface area contributed by atoms with Crippen LogP contribution in [0.15, 0.2) is 40.7 Å². The van der Waals surface area contributed by atoms with Crippen LogP contribution in [0, 0.1) is 0 Å². The fourth-order valence-corrected chi connectivity index (χ4v) is 2.42. The fraction of sp³-hybridized carbons (Fsp3) is 0.222. The second-order valence-electron chi connectivity index (χ2n) is 5.15. The van der Waals surface area contributed by atoms with Crippen molar-refractivity contribution in [1.29, 1.82) is 0 Å². The summed E-state index contributed by atoms with van der Waals surface area (Å²) in [5.41, 5.74) is 5.94. The predicted molar refractivity (Wildman–Crippen MR) is 95.0 cm³/mol. The van der Waals surface area contributed by atoms with Gasteiger partial charge in [-0.3, -0.25) is 4.57 Å².